The fourth-order valence-electron chi connectivity index (χ4n) is 3.17. The summed E-state index contributed by atoms with van der Waals surface area (Å²) < 4.78 is 28.8. The predicted molar refractivity (Wildman–Crippen MR) is 79.8 cm³/mol. The molecule has 1 saturated carbocycles. The number of benzene rings is 1. The van der Waals surface area contributed by atoms with Crippen molar-refractivity contribution in [1.82, 2.24) is 0 Å². The van der Waals surface area contributed by atoms with Crippen molar-refractivity contribution in [1.29, 1.82) is 0 Å². The standard InChI is InChI=1S/C15H21NO4S/c1-21(18,19)20-15(14(16)17,12-8-4-2-5-9-12)13-10-6-3-7-11-13/h2,4-5,8-9,13H,3,6-7,10-11H2,1H3,(H2,16,17). The summed E-state index contributed by atoms with van der Waals surface area (Å²) in [6, 6.07) is 8.70. The van der Waals surface area contributed by atoms with Crippen LogP contribution in [-0.4, -0.2) is 20.6 Å². The van der Waals surface area contributed by atoms with Crippen molar-refractivity contribution in [2.75, 3.05) is 6.26 Å². The van der Waals surface area contributed by atoms with Crippen LogP contribution in [0, 0.1) is 5.92 Å². The van der Waals surface area contributed by atoms with Crippen LogP contribution < -0.4 is 5.73 Å². The Bertz CT molecular complexity index is 593. The monoisotopic (exact) mass is 311 g/mol. The van der Waals surface area contributed by atoms with Crippen LogP contribution in [0.1, 0.15) is 37.7 Å². The number of carbonyl (C=O) groups is 1. The minimum atomic E-state index is -3.83. The predicted octanol–water partition coefficient (Wildman–Crippen LogP) is 1.92. The van der Waals surface area contributed by atoms with E-state index < -0.39 is 21.6 Å². The molecule has 1 fully saturated rings. The summed E-state index contributed by atoms with van der Waals surface area (Å²) in [7, 11) is -3.83. The van der Waals surface area contributed by atoms with Crippen molar-refractivity contribution in [3.63, 3.8) is 0 Å². The first-order valence-corrected chi connectivity index (χ1v) is 8.94. The zero-order chi connectivity index (χ0) is 15.5. The Morgan fingerprint density at radius 2 is 1.76 bits per heavy atom. The molecule has 116 valence electrons. The number of amides is 1. The average molecular weight is 311 g/mol. The van der Waals surface area contributed by atoms with Crippen LogP contribution in [0.15, 0.2) is 30.3 Å². The van der Waals surface area contributed by atoms with E-state index in [1.54, 1.807) is 30.3 Å². The topological polar surface area (TPSA) is 86.5 Å². The summed E-state index contributed by atoms with van der Waals surface area (Å²) in [5.74, 6) is -0.966. The molecule has 0 aromatic heterocycles. The Balaban J connectivity index is 2.56. The number of hydrogen-bond acceptors (Lipinski definition) is 4. The maximum atomic E-state index is 12.2. The molecule has 0 heterocycles. The number of primary amides is 1. The van der Waals surface area contributed by atoms with Gasteiger partial charge in [0.1, 0.15) is 0 Å². The smallest absolute Gasteiger partial charge is 0.265 e. The van der Waals surface area contributed by atoms with E-state index in [2.05, 4.69) is 0 Å². The SMILES string of the molecule is CS(=O)(=O)OC(C(N)=O)(c1ccccc1)C1CCCCC1. The highest BCUT2D eigenvalue weighted by atomic mass is 32.2. The molecule has 0 saturated heterocycles. The lowest BCUT2D eigenvalue weighted by Crippen LogP contribution is -2.51. The summed E-state index contributed by atoms with van der Waals surface area (Å²) >= 11 is 0. The molecule has 1 aliphatic rings. The molecular weight excluding hydrogens is 290 g/mol. The molecule has 1 atom stereocenters. The maximum Gasteiger partial charge on any atom is 0.265 e. The van der Waals surface area contributed by atoms with Crippen LogP contribution in [0.5, 0.6) is 0 Å². The molecule has 0 spiro atoms. The average Bonchev–Trinajstić information content (AvgIpc) is 2.45. The van der Waals surface area contributed by atoms with Gasteiger partial charge in [-0.1, -0.05) is 49.6 Å². The molecule has 2 N–H and O–H groups in total. The molecule has 2 rings (SSSR count). The second kappa shape index (κ2) is 6.15. The minimum absolute atomic E-state index is 0.221. The Labute approximate surface area is 125 Å². The van der Waals surface area contributed by atoms with Crippen LogP contribution in [-0.2, 0) is 24.7 Å². The quantitative estimate of drug-likeness (QED) is 0.842. The maximum absolute atomic E-state index is 12.2. The summed E-state index contributed by atoms with van der Waals surface area (Å²) in [5.41, 5.74) is 4.52. The molecule has 1 amide bonds. The molecular formula is C15H21NO4S. The van der Waals surface area contributed by atoms with Gasteiger partial charge >= 0.3 is 0 Å². The van der Waals surface area contributed by atoms with Gasteiger partial charge in [0.25, 0.3) is 16.0 Å². The van der Waals surface area contributed by atoms with Crippen LogP contribution in [0.25, 0.3) is 0 Å². The lowest BCUT2D eigenvalue weighted by molar-refractivity contribution is -0.140. The molecule has 0 radical (unpaired) electrons. The normalized spacial score (nSPS) is 19.9. The van der Waals surface area contributed by atoms with Crippen molar-refractivity contribution in [2.24, 2.45) is 11.7 Å². The summed E-state index contributed by atoms with van der Waals surface area (Å²) in [4.78, 5) is 12.2. The van der Waals surface area contributed by atoms with E-state index in [4.69, 9.17) is 9.92 Å². The first kappa shape index (κ1) is 16.0. The van der Waals surface area contributed by atoms with Gasteiger partial charge in [0.05, 0.1) is 6.26 Å². The van der Waals surface area contributed by atoms with Crippen molar-refractivity contribution < 1.29 is 17.4 Å². The van der Waals surface area contributed by atoms with Gasteiger partial charge in [-0.15, -0.1) is 0 Å². The Morgan fingerprint density at radius 3 is 2.24 bits per heavy atom. The molecule has 1 aliphatic carbocycles. The van der Waals surface area contributed by atoms with Gasteiger partial charge in [-0.3, -0.25) is 4.79 Å². The van der Waals surface area contributed by atoms with Crippen molar-refractivity contribution >= 4 is 16.0 Å². The van der Waals surface area contributed by atoms with Crippen LogP contribution in [0.2, 0.25) is 0 Å². The summed E-state index contributed by atoms with van der Waals surface area (Å²) in [5, 5.41) is 0. The summed E-state index contributed by atoms with van der Waals surface area (Å²) in [6.45, 7) is 0. The van der Waals surface area contributed by atoms with Crippen molar-refractivity contribution in [3.8, 4) is 0 Å². The van der Waals surface area contributed by atoms with Crippen molar-refractivity contribution in [3.05, 3.63) is 35.9 Å². The summed E-state index contributed by atoms with van der Waals surface area (Å²) in [6.07, 6.45) is 5.38. The number of rotatable bonds is 5. The molecule has 21 heavy (non-hydrogen) atoms. The first-order chi connectivity index (χ1) is 9.86. The van der Waals surface area contributed by atoms with Gasteiger partial charge < -0.3 is 5.73 Å². The Kier molecular flexibility index (Phi) is 4.68. The van der Waals surface area contributed by atoms with E-state index in [9.17, 15) is 13.2 Å². The van der Waals surface area contributed by atoms with Gasteiger partial charge in [-0.25, -0.2) is 4.18 Å². The van der Waals surface area contributed by atoms with E-state index in [1.165, 1.54) is 0 Å². The van der Waals surface area contributed by atoms with E-state index in [0.29, 0.717) is 5.56 Å². The number of nitrogens with two attached hydrogens (primary N) is 1. The Morgan fingerprint density at radius 1 is 1.19 bits per heavy atom. The van der Waals surface area contributed by atoms with Crippen LogP contribution in [0.3, 0.4) is 0 Å². The van der Waals surface area contributed by atoms with E-state index >= 15 is 0 Å². The number of hydrogen-bond donors (Lipinski definition) is 1. The molecule has 1 unspecified atom stereocenters. The van der Waals surface area contributed by atoms with E-state index in [-0.39, 0.29) is 5.92 Å². The third kappa shape index (κ3) is 3.44. The highest BCUT2D eigenvalue weighted by Gasteiger charge is 2.50. The molecule has 0 aliphatic heterocycles. The second-order valence-corrected chi connectivity index (χ2v) is 7.16. The first-order valence-electron chi connectivity index (χ1n) is 7.12. The van der Waals surface area contributed by atoms with Gasteiger partial charge in [0.15, 0.2) is 5.60 Å². The second-order valence-electron chi connectivity index (χ2n) is 5.59. The van der Waals surface area contributed by atoms with Crippen molar-refractivity contribution in [2.45, 2.75) is 37.7 Å². The third-order valence-electron chi connectivity index (χ3n) is 4.03. The fourth-order valence-corrected chi connectivity index (χ4v) is 3.96. The molecule has 0 bridgehead atoms. The lowest BCUT2D eigenvalue weighted by atomic mass is 9.73. The molecule has 1 aromatic rings. The minimum Gasteiger partial charge on any atom is -0.367 e. The number of carbonyl (C=O) groups excluding carboxylic acids is 1. The van der Waals surface area contributed by atoms with E-state index in [1.807, 2.05) is 0 Å². The highest BCUT2D eigenvalue weighted by Crippen LogP contribution is 2.43. The largest absolute Gasteiger partial charge is 0.367 e. The molecule has 5 nitrogen and oxygen atoms in total. The highest BCUT2D eigenvalue weighted by molar-refractivity contribution is 7.86. The van der Waals surface area contributed by atoms with Gasteiger partial charge in [-0.05, 0) is 18.4 Å². The third-order valence-corrected chi connectivity index (χ3v) is 4.60. The van der Waals surface area contributed by atoms with Crippen LogP contribution >= 0.6 is 0 Å². The van der Waals surface area contributed by atoms with Crippen LogP contribution in [0.4, 0.5) is 0 Å². The van der Waals surface area contributed by atoms with Gasteiger partial charge in [-0.2, -0.15) is 8.42 Å². The zero-order valence-corrected chi connectivity index (χ0v) is 12.9. The Hall–Kier alpha value is -1.40. The molecule has 6 heteroatoms. The fraction of sp³-hybridized carbons (Fsp3) is 0.533. The van der Waals surface area contributed by atoms with Gasteiger partial charge in [0.2, 0.25) is 0 Å². The van der Waals surface area contributed by atoms with E-state index in [0.717, 1.165) is 38.4 Å². The van der Waals surface area contributed by atoms with Gasteiger partial charge in [0, 0.05) is 5.92 Å². The molecule has 1 aromatic carbocycles. The lowest BCUT2D eigenvalue weighted by Gasteiger charge is -2.39. The zero-order valence-electron chi connectivity index (χ0n) is 12.1.